The third kappa shape index (κ3) is 4.19. The molecule has 1 amide bonds. The summed E-state index contributed by atoms with van der Waals surface area (Å²) in [5, 5.41) is 4.39. The lowest BCUT2D eigenvalue weighted by molar-refractivity contribution is 0.0638. The number of amides is 1. The molecule has 2 aromatic rings. The minimum absolute atomic E-state index is 0. The largest absolute Gasteiger partial charge is 0.328 e. The predicted octanol–water partition coefficient (Wildman–Crippen LogP) is 3.35. The van der Waals surface area contributed by atoms with Crippen LogP contribution in [0, 0.1) is 6.92 Å². The van der Waals surface area contributed by atoms with Crippen molar-refractivity contribution in [1.82, 2.24) is 20.2 Å². The van der Waals surface area contributed by atoms with Gasteiger partial charge in [0.2, 0.25) is 0 Å². The van der Waals surface area contributed by atoms with Gasteiger partial charge in [-0.25, -0.2) is 4.98 Å². The third-order valence-corrected chi connectivity index (χ3v) is 5.78. The van der Waals surface area contributed by atoms with Crippen molar-refractivity contribution in [2.45, 2.75) is 39.2 Å². The Hall–Kier alpha value is -1.50. The maximum Gasteiger partial charge on any atom is 0.266 e. The molecular weight excluding hydrogens is 356 g/mol. The Morgan fingerprint density at radius 1 is 1.40 bits per heavy atom. The summed E-state index contributed by atoms with van der Waals surface area (Å²) < 4.78 is 0. The van der Waals surface area contributed by atoms with Crippen LogP contribution in [-0.2, 0) is 5.41 Å². The van der Waals surface area contributed by atoms with Gasteiger partial charge < -0.3 is 10.2 Å². The topological polar surface area (TPSA) is 58.1 Å². The lowest BCUT2D eigenvalue weighted by Gasteiger charge is -2.36. The molecule has 2 aromatic heterocycles. The van der Waals surface area contributed by atoms with E-state index in [4.69, 9.17) is 0 Å². The highest BCUT2D eigenvalue weighted by atomic mass is 35.5. The molecular formula is C18H25ClN4OS. The number of thiazole rings is 1. The summed E-state index contributed by atoms with van der Waals surface area (Å²) in [7, 11) is 0. The van der Waals surface area contributed by atoms with E-state index in [0.717, 1.165) is 34.2 Å². The number of carbonyl (C=O) groups is 1. The maximum absolute atomic E-state index is 13.2. The van der Waals surface area contributed by atoms with Gasteiger partial charge >= 0.3 is 0 Å². The first kappa shape index (κ1) is 19.8. The van der Waals surface area contributed by atoms with Crippen LogP contribution in [0.2, 0.25) is 0 Å². The number of rotatable bonds is 2. The van der Waals surface area contributed by atoms with Gasteiger partial charge in [0, 0.05) is 37.4 Å². The van der Waals surface area contributed by atoms with Gasteiger partial charge in [-0.1, -0.05) is 26.8 Å². The van der Waals surface area contributed by atoms with E-state index in [0.29, 0.717) is 6.54 Å². The minimum atomic E-state index is -0.0415. The second-order valence-electron chi connectivity index (χ2n) is 7.19. The SMILES string of the molecule is Cc1nc(C(C)(C)C)sc1C(=O)N1CCNCC1c1cccnc1.Cl. The summed E-state index contributed by atoms with van der Waals surface area (Å²) in [6.45, 7) is 10.6. The molecule has 1 saturated heterocycles. The number of nitrogens with one attached hydrogen (secondary N) is 1. The highest BCUT2D eigenvalue weighted by Crippen LogP contribution is 2.32. The van der Waals surface area contributed by atoms with Crippen molar-refractivity contribution in [3.63, 3.8) is 0 Å². The standard InChI is InChI=1S/C18H24N4OS.ClH/c1-12-15(24-17(21-12)18(2,3)4)16(23)22-9-8-20-11-14(22)13-6-5-7-19-10-13;/h5-7,10,14,20H,8-9,11H2,1-4H3;1H. The number of piperazine rings is 1. The zero-order chi connectivity index (χ0) is 17.3. The Morgan fingerprint density at radius 2 is 2.16 bits per heavy atom. The summed E-state index contributed by atoms with van der Waals surface area (Å²) in [5.41, 5.74) is 1.86. The van der Waals surface area contributed by atoms with E-state index < -0.39 is 0 Å². The molecule has 0 saturated carbocycles. The lowest BCUT2D eigenvalue weighted by Crippen LogP contribution is -2.48. The van der Waals surface area contributed by atoms with Crippen LogP contribution in [0.3, 0.4) is 0 Å². The monoisotopic (exact) mass is 380 g/mol. The maximum atomic E-state index is 13.2. The van der Waals surface area contributed by atoms with Gasteiger partial charge in [-0.15, -0.1) is 23.7 Å². The van der Waals surface area contributed by atoms with E-state index >= 15 is 0 Å². The van der Waals surface area contributed by atoms with Crippen LogP contribution in [0.15, 0.2) is 24.5 Å². The summed E-state index contributed by atoms with van der Waals surface area (Å²) in [6.07, 6.45) is 3.60. The molecule has 3 heterocycles. The number of hydrogen-bond acceptors (Lipinski definition) is 5. The summed E-state index contributed by atoms with van der Waals surface area (Å²) in [4.78, 5) is 24.8. The van der Waals surface area contributed by atoms with Gasteiger partial charge in [-0.05, 0) is 18.6 Å². The average molecular weight is 381 g/mol. The Morgan fingerprint density at radius 3 is 2.76 bits per heavy atom. The van der Waals surface area contributed by atoms with Gasteiger partial charge in [0.15, 0.2) is 0 Å². The third-order valence-electron chi connectivity index (χ3n) is 4.21. The summed E-state index contributed by atoms with van der Waals surface area (Å²) >= 11 is 1.53. The van der Waals surface area contributed by atoms with E-state index in [1.165, 1.54) is 11.3 Å². The van der Waals surface area contributed by atoms with Crippen molar-refractivity contribution in [2.75, 3.05) is 19.6 Å². The molecule has 1 unspecified atom stereocenters. The van der Waals surface area contributed by atoms with E-state index in [2.05, 4.69) is 36.1 Å². The number of nitrogens with zero attached hydrogens (tertiary/aromatic N) is 3. The highest BCUT2D eigenvalue weighted by Gasteiger charge is 2.32. The van der Waals surface area contributed by atoms with Crippen molar-refractivity contribution < 1.29 is 4.79 Å². The van der Waals surface area contributed by atoms with Crippen LogP contribution >= 0.6 is 23.7 Å². The molecule has 1 fully saturated rings. The van der Waals surface area contributed by atoms with E-state index in [-0.39, 0.29) is 29.8 Å². The quantitative estimate of drug-likeness (QED) is 0.867. The summed E-state index contributed by atoms with van der Waals surface area (Å²) in [5.74, 6) is 0.0795. The van der Waals surface area contributed by atoms with Crippen LogP contribution in [-0.4, -0.2) is 40.4 Å². The smallest absolute Gasteiger partial charge is 0.266 e. The van der Waals surface area contributed by atoms with Crippen molar-refractivity contribution >= 4 is 29.7 Å². The predicted molar refractivity (Wildman–Crippen MR) is 104 cm³/mol. The van der Waals surface area contributed by atoms with E-state index in [9.17, 15) is 4.79 Å². The fourth-order valence-corrected chi connectivity index (χ4v) is 3.94. The van der Waals surface area contributed by atoms with Crippen LogP contribution < -0.4 is 5.32 Å². The van der Waals surface area contributed by atoms with Crippen molar-refractivity contribution in [3.8, 4) is 0 Å². The second kappa shape index (κ2) is 7.81. The molecule has 0 aromatic carbocycles. The molecule has 5 nitrogen and oxygen atoms in total. The van der Waals surface area contributed by atoms with Crippen molar-refractivity contribution in [3.05, 3.63) is 45.7 Å². The molecule has 1 atom stereocenters. The summed E-state index contributed by atoms with van der Waals surface area (Å²) in [6, 6.07) is 3.97. The molecule has 7 heteroatoms. The van der Waals surface area contributed by atoms with Gasteiger partial charge in [0.25, 0.3) is 5.91 Å². The molecule has 1 aliphatic rings. The first-order chi connectivity index (χ1) is 11.4. The normalized spacial score (nSPS) is 17.9. The molecule has 0 aliphatic carbocycles. The Bertz CT molecular complexity index is 726. The fourth-order valence-electron chi connectivity index (χ4n) is 2.86. The molecule has 1 N–H and O–H groups in total. The number of halogens is 1. The Kier molecular flexibility index (Phi) is 6.19. The minimum Gasteiger partial charge on any atom is -0.328 e. The zero-order valence-electron chi connectivity index (χ0n) is 15.1. The van der Waals surface area contributed by atoms with Crippen molar-refractivity contribution in [1.29, 1.82) is 0 Å². The first-order valence-corrected chi connectivity index (χ1v) is 9.09. The van der Waals surface area contributed by atoms with Gasteiger partial charge in [-0.3, -0.25) is 9.78 Å². The Labute approximate surface area is 159 Å². The van der Waals surface area contributed by atoms with Crippen LogP contribution in [0.1, 0.15) is 52.7 Å². The molecule has 25 heavy (non-hydrogen) atoms. The molecule has 3 rings (SSSR count). The highest BCUT2D eigenvalue weighted by molar-refractivity contribution is 7.14. The van der Waals surface area contributed by atoms with Gasteiger partial charge in [0.05, 0.1) is 16.7 Å². The average Bonchev–Trinajstić information content (AvgIpc) is 2.97. The number of pyridine rings is 1. The molecule has 0 spiro atoms. The number of aromatic nitrogens is 2. The van der Waals surface area contributed by atoms with Crippen LogP contribution in [0.5, 0.6) is 0 Å². The Balaban J connectivity index is 0.00000225. The molecule has 0 radical (unpaired) electrons. The first-order valence-electron chi connectivity index (χ1n) is 8.27. The zero-order valence-corrected chi connectivity index (χ0v) is 16.7. The van der Waals surface area contributed by atoms with Gasteiger partial charge in [-0.2, -0.15) is 0 Å². The van der Waals surface area contributed by atoms with Crippen LogP contribution in [0.25, 0.3) is 0 Å². The van der Waals surface area contributed by atoms with E-state index in [1.54, 1.807) is 6.20 Å². The fraction of sp³-hybridized carbons (Fsp3) is 0.500. The number of hydrogen-bond donors (Lipinski definition) is 1. The number of carbonyl (C=O) groups excluding carboxylic acids is 1. The number of aryl methyl sites for hydroxylation is 1. The van der Waals surface area contributed by atoms with Crippen molar-refractivity contribution in [2.24, 2.45) is 0 Å². The van der Waals surface area contributed by atoms with E-state index in [1.807, 2.05) is 30.2 Å². The second-order valence-corrected chi connectivity index (χ2v) is 8.19. The molecule has 0 bridgehead atoms. The van der Waals surface area contributed by atoms with Crippen LogP contribution in [0.4, 0.5) is 0 Å². The molecule has 136 valence electrons. The van der Waals surface area contributed by atoms with Gasteiger partial charge in [0.1, 0.15) is 4.88 Å². The lowest BCUT2D eigenvalue weighted by atomic mass is 9.98. The molecule has 1 aliphatic heterocycles.